The zero-order chi connectivity index (χ0) is 20.4. The molecule has 4 aromatic rings. The van der Waals surface area contributed by atoms with Crippen molar-refractivity contribution in [2.45, 2.75) is 18.9 Å². The highest BCUT2D eigenvalue weighted by atomic mass is 32.2. The van der Waals surface area contributed by atoms with Crippen LogP contribution in [0.25, 0.3) is 16.8 Å². The molecule has 0 radical (unpaired) electrons. The number of carbonyl (C=O) groups is 1. The van der Waals surface area contributed by atoms with Crippen LogP contribution < -0.4 is 5.32 Å². The number of benzene rings is 1. The fourth-order valence-electron chi connectivity index (χ4n) is 2.93. The second-order valence-corrected chi connectivity index (χ2v) is 7.32. The van der Waals surface area contributed by atoms with Crippen molar-refractivity contribution in [1.82, 2.24) is 20.0 Å². The normalized spacial score (nSPS) is 10.8. The predicted octanol–water partition coefficient (Wildman–Crippen LogP) is 3.63. The Kier molecular flexibility index (Phi) is 5.01. The number of nitrogens with one attached hydrogen (secondary N) is 1. The Morgan fingerprint density at radius 2 is 2.07 bits per heavy atom. The van der Waals surface area contributed by atoms with Crippen LogP contribution in [0.15, 0.2) is 51.9 Å². The summed E-state index contributed by atoms with van der Waals surface area (Å²) in [5, 5.41) is 26.0. The highest BCUT2D eigenvalue weighted by molar-refractivity contribution is 7.99. The Morgan fingerprint density at radius 3 is 2.76 bits per heavy atom. The van der Waals surface area contributed by atoms with E-state index in [-0.39, 0.29) is 17.4 Å². The molecule has 4 rings (SSSR count). The molecule has 1 N–H and O–H groups in total. The molecular formula is C20H16N6O2S. The number of nitrogens with zero attached hydrogens (tertiary/aromatic N) is 5. The number of aryl methyl sites for hydroxylation is 2. The molecule has 3 aromatic heterocycles. The van der Waals surface area contributed by atoms with Crippen molar-refractivity contribution in [3.63, 3.8) is 0 Å². The third-order valence-electron chi connectivity index (χ3n) is 4.17. The molecule has 144 valence electrons. The smallest absolute Gasteiger partial charge is 0.234 e. The first-order chi connectivity index (χ1) is 14.0. The number of aromatic nitrogens is 4. The number of carbonyl (C=O) groups excluding carboxylic acids is 1. The summed E-state index contributed by atoms with van der Waals surface area (Å²) >= 11 is 1.25. The van der Waals surface area contributed by atoms with E-state index in [0.29, 0.717) is 27.5 Å². The number of nitriles is 1. The van der Waals surface area contributed by atoms with E-state index >= 15 is 0 Å². The van der Waals surface area contributed by atoms with Crippen LogP contribution in [0, 0.1) is 25.2 Å². The molecule has 0 aliphatic rings. The summed E-state index contributed by atoms with van der Waals surface area (Å²) in [7, 11) is 0. The third-order valence-corrected chi connectivity index (χ3v) is 5.09. The molecule has 0 saturated carbocycles. The number of para-hydroxylation sites is 1. The van der Waals surface area contributed by atoms with Crippen molar-refractivity contribution in [3.8, 4) is 11.9 Å². The molecule has 0 spiro atoms. The minimum Gasteiger partial charge on any atom is -0.443 e. The van der Waals surface area contributed by atoms with Crippen LogP contribution in [0.3, 0.4) is 0 Å². The molecule has 0 aliphatic heterocycles. The SMILES string of the molecule is Cc1cc(C)n(-c2ccc(SCC(=O)Nc3c(C#N)oc4ccccc34)nn2)n1. The van der Waals surface area contributed by atoms with E-state index < -0.39 is 0 Å². The average molecular weight is 404 g/mol. The molecule has 8 nitrogen and oxygen atoms in total. The summed E-state index contributed by atoms with van der Waals surface area (Å²) in [5.74, 6) is 0.562. The van der Waals surface area contributed by atoms with Gasteiger partial charge in [-0.05, 0) is 44.2 Å². The van der Waals surface area contributed by atoms with Crippen LogP contribution in [0.4, 0.5) is 5.69 Å². The van der Waals surface area contributed by atoms with Gasteiger partial charge in [-0.3, -0.25) is 4.79 Å². The predicted molar refractivity (Wildman–Crippen MR) is 109 cm³/mol. The number of furan rings is 1. The molecule has 0 bridgehead atoms. The molecule has 1 amide bonds. The topological polar surface area (TPSA) is 110 Å². The van der Waals surface area contributed by atoms with E-state index in [1.165, 1.54) is 11.8 Å². The molecule has 1 aromatic carbocycles. The maximum absolute atomic E-state index is 12.4. The van der Waals surface area contributed by atoms with E-state index in [2.05, 4.69) is 20.6 Å². The second kappa shape index (κ2) is 7.77. The van der Waals surface area contributed by atoms with E-state index in [4.69, 9.17) is 4.42 Å². The van der Waals surface area contributed by atoms with Crippen molar-refractivity contribution in [1.29, 1.82) is 5.26 Å². The monoisotopic (exact) mass is 404 g/mol. The molecule has 0 fully saturated rings. The van der Waals surface area contributed by atoms with Gasteiger partial charge in [0.05, 0.1) is 11.4 Å². The third kappa shape index (κ3) is 3.83. The summed E-state index contributed by atoms with van der Waals surface area (Å²) in [6, 6.07) is 14.7. The Morgan fingerprint density at radius 1 is 1.24 bits per heavy atom. The number of fused-ring (bicyclic) bond motifs is 1. The van der Waals surface area contributed by atoms with E-state index in [1.807, 2.05) is 44.2 Å². The van der Waals surface area contributed by atoms with Crippen molar-refractivity contribution in [2.75, 3.05) is 11.1 Å². The van der Waals surface area contributed by atoms with Gasteiger partial charge in [0.25, 0.3) is 0 Å². The van der Waals surface area contributed by atoms with E-state index in [9.17, 15) is 10.1 Å². The summed E-state index contributed by atoms with van der Waals surface area (Å²) in [6.07, 6.45) is 0. The maximum Gasteiger partial charge on any atom is 0.234 e. The number of thioether (sulfide) groups is 1. The first-order valence-electron chi connectivity index (χ1n) is 8.77. The first kappa shape index (κ1) is 18.7. The molecule has 0 aliphatic carbocycles. The summed E-state index contributed by atoms with van der Waals surface area (Å²) < 4.78 is 7.18. The molecule has 0 saturated heterocycles. The number of hydrogen-bond acceptors (Lipinski definition) is 7. The standard InChI is InChI=1S/C20H16N6O2S/c1-12-9-13(2)26(25-12)17-7-8-19(24-23-17)29-11-18(27)22-20-14-5-3-4-6-15(14)28-16(20)10-21/h3-9H,11H2,1-2H3,(H,22,27). The number of hydrogen-bond donors (Lipinski definition) is 1. The van der Waals surface area contributed by atoms with Gasteiger partial charge in [-0.1, -0.05) is 23.9 Å². The second-order valence-electron chi connectivity index (χ2n) is 6.32. The van der Waals surface area contributed by atoms with E-state index in [1.54, 1.807) is 22.9 Å². The first-order valence-corrected chi connectivity index (χ1v) is 9.75. The zero-order valence-electron chi connectivity index (χ0n) is 15.7. The van der Waals surface area contributed by atoms with Crippen LogP contribution >= 0.6 is 11.8 Å². The van der Waals surface area contributed by atoms with Gasteiger partial charge in [-0.25, -0.2) is 4.68 Å². The highest BCUT2D eigenvalue weighted by Gasteiger charge is 2.16. The van der Waals surface area contributed by atoms with Gasteiger partial charge in [0.1, 0.15) is 22.4 Å². The zero-order valence-corrected chi connectivity index (χ0v) is 16.5. The van der Waals surface area contributed by atoms with Crippen LogP contribution in [0.5, 0.6) is 0 Å². The number of anilines is 1. The highest BCUT2D eigenvalue weighted by Crippen LogP contribution is 2.30. The van der Waals surface area contributed by atoms with Gasteiger partial charge < -0.3 is 9.73 Å². The lowest BCUT2D eigenvalue weighted by atomic mass is 10.2. The minimum absolute atomic E-state index is 0.0820. The van der Waals surface area contributed by atoms with Crippen molar-refractivity contribution in [2.24, 2.45) is 0 Å². The Hall–Kier alpha value is -3.64. The Balaban J connectivity index is 1.43. The molecular weight excluding hydrogens is 388 g/mol. The lowest BCUT2D eigenvalue weighted by Crippen LogP contribution is -2.14. The van der Waals surface area contributed by atoms with Gasteiger partial charge in [-0.2, -0.15) is 10.4 Å². The maximum atomic E-state index is 12.4. The summed E-state index contributed by atoms with van der Waals surface area (Å²) in [6.45, 7) is 3.87. The number of amides is 1. The van der Waals surface area contributed by atoms with Crippen LogP contribution in [0.2, 0.25) is 0 Å². The Labute approximate surface area is 170 Å². The van der Waals surface area contributed by atoms with Crippen LogP contribution in [-0.4, -0.2) is 31.6 Å². The summed E-state index contributed by atoms with van der Waals surface area (Å²) in [5.41, 5.74) is 2.82. The average Bonchev–Trinajstić information content (AvgIpc) is 3.26. The van der Waals surface area contributed by atoms with Gasteiger partial charge >= 0.3 is 0 Å². The van der Waals surface area contributed by atoms with Crippen molar-refractivity contribution >= 4 is 34.3 Å². The molecule has 0 atom stereocenters. The van der Waals surface area contributed by atoms with Crippen LogP contribution in [-0.2, 0) is 4.79 Å². The van der Waals surface area contributed by atoms with Gasteiger partial charge in [-0.15, -0.1) is 10.2 Å². The largest absolute Gasteiger partial charge is 0.443 e. The van der Waals surface area contributed by atoms with Gasteiger partial charge in [0.15, 0.2) is 5.82 Å². The number of rotatable bonds is 5. The molecule has 0 unspecified atom stereocenters. The fourth-order valence-corrected chi connectivity index (χ4v) is 3.54. The van der Waals surface area contributed by atoms with Crippen molar-refractivity contribution in [3.05, 3.63) is 59.6 Å². The molecule has 9 heteroatoms. The molecule has 3 heterocycles. The molecule has 29 heavy (non-hydrogen) atoms. The van der Waals surface area contributed by atoms with Gasteiger partial charge in [0.2, 0.25) is 11.7 Å². The van der Waals surface area contributed by atoms with Crippen molar-refractivity contribution < 1.29 is 9.21 Å². The summed E-state index contributed by atoms with van der Waals surface area (Å²) in [4.78, 5) is 12.4. The van der Waals surface area contributed by atoms with Gasteiger partial charge in [0, 0.05) is 11.1 Å². The van der Waals surface area contributed by atoms with Crippen LogP contribution in [0.1, 0.15) is 17.1 Å². The quantitative estimate of drug-likeness (QED) is 0.506. The lowest BCUT2D eigenvalue weighted by molar-refractivity contribution is -0.113. The van der Waals surface area contributed by atoms with E-state index in [0.717, 1.165) is 11.4 Å². The minimum atomic E-state index is -0.262. The Bertz CT molecular complexity index is 1240. The fraction of sp³-hybridized carbons (Fsp3) is 0.150. The lowest BCUT2D eigenvalue weighted by Gasteiger charge is -2.05.